The maximum atomic E-state index is 12.7. The number of hydrogen-bond acceptors (Lipinski definition) is 6. The molecule has 0 bridgehead atoms. The Bertz CT molecular complexity index is 826. The third-order valence-corrected chi connectivity index (χ3v) is 11.0. The molecule has 0 aliphatic heterocycles. The number of carbonyl (C=O) groups excluding carboxylic acids is 3. The van der Waals surface area contributed by atoms with E-state index in [1.54, 1.807) is 0 Å². The number of unbranched alkanes of at least 4 members (excludes halogenated alkanes) is 31. The lowest BCUT2D eigenvalue weighted by Gasteiger charge is -2.18. The Morgan fingerprint density at radius 3 is 0.891 bits per heavy atom. The van der Waals surface area contributed by atoms with E-state index in [0.717, 1.165) is 63.7 Å². The molecule has 0 N–H and O–H groups in total. The zero-order valence-corrected chi connectivity index (χ0v) is 37.4. The van der Waals surface area contributed by atoms with Crippen LogP contribution < -0.4 is 0 Å². The van der Waals surface area contributed by atoms with Crippen LogP contribution in [0.25, 0.3) is 0 Å². The lowest BCUT2D eigenvalue weighted by atomic mass is 10.0. The first-order valence-corrected chi connectivity index (χ1v) is 24.4. The van der Waals surface area contributed by atoms with E-state index in [9.17, 15) is 14.4 Å². The minimum atomic E-state index is -0.760. The third-order valence-electron chi connectivity index (χ3n) is 11.0. The highest BCUT2D eigenvalue weighted by Gasteiger charge is 2.19. The highest BCUT2D eigenvalue weighted by atomic mass is 16.6. The van der Waals surface area contributed by atoms with Gasteiger partial charge in [0.15, 0.2) is 6.10 Å². The Morgan fingerprint density at radius 1 is 0.345 bits per heavy atom. The predicted molar refractivity (Wildman–Crippen MR) is 233 cm³/mol. The average Bonchev–Trinajstić information content (AvgIpc) is 3.17. The smallest absolute Gasteiger partial charge is 0.306 e. The average molecular weight is 779 g/mol. The minimum Gasteiger partial charge on any atom is -0.462 e. The highest BCUT2D eigenvalue weighted by Crippen LogP contribution is 2.16. The van der Waals surface area contributed by atoms with Crippen molar-refractivity contribution in [1.82, 2.24) is 0 Å². The summed E-state index contributed by atoms with van der Waals surface area (Å²) in [6, 6.07) is 0. The molecule has 0 spiro atoms. The first-order valence-electron chi connectivity index (χ1n) is 24.4. The van der Waals surface area contributed by atoms with Crippen molar-refractivity contribution in [2.45, 2.75) is 278 Å². The summed E-state index contributed by atoms with van der Waals surface area (Å²) in [4.78, 5) is 37.8. The van der Waals surface area contributed by atoms with E-state index in [1.165, 1.54) is 167 Å². The zero-order chi connectivity index (χ0) is 40.3. The second kappa shape index (κ2) is 43.5. The normalized spacial score (nSPS) is 11.9. The Hall–Kier alpha value is -1.59. The minimum absolute atomic E-state index is 0.0636. The number of rotatable bonds is 44. The Morgan fingerprint density at radius 2 is 0.600 bits per heavy atom. The van der Waals surface area contributed by atoms with Gasteiger partial charge in [-0.15, -0.1) is 0 Å². The Labute approximate surface area is 342 Å². The van der Waals surface area contributed by atoms with Gasteiger partial charge in [0, 0.05) is 19.3 Å². The summed E-state index contributed by atoms with van der Waals surface area (Å²) in [7, 11) is 0. The van der Waals surface area contributed by atoms with E-state index in [0.29, 0.717) is 19.3 Å². The lowest BCUT2D eigenvalue weighted by molar-refractivity contribution is -0.167. The van der Waals surface area contributed by atoms with Crippen LogP contribution >= 0.6 is 0 Å². The SMILES string of the molecule is CCCCCCCCCCCCCCCCC(=O)OC[C@H](COC(=O)CCCCCCCCCC(C)C)OC(=O)CCCCCCCCCCCCCCC. The third kappa shape index (κ3) is 43.4. The topological polar surface area (TPSA) is 78.9 Å². The van der Waals surface area contributed by atoms with Crippen LogP contribution in [0.4, 0.5) is 0 Å². The maximum Gasteiger partial charge on any atom is 0.306 e. The number of ether oxygens (including phenoxy) is 3. The van der Waals surface area contributed by atoms with E-state index in [4.69, 9.17) is 14.2 Å². The van der Waals surface area contributed by atoms with Gasteiger partial charge < -0.3 is 14.2 Å². The fraction of sp³-hybridized carbons (Fsp3) is 0.939. The summed E-state index contributed by atoms with van der Waals surface area (Å²) in [6.45, 7) is 8.96. The molecule has 0 rings (SSSR count). The molecule has 326 valence electrons. The summed E-state index contributed by atoms with van der Waals surface area (Å²) in [5.41, 5.74) is 0. The van der Waals surface area contributed by atoms with Crippen molar-refractivity contribution in [3.63, 3.8) is 0 Å². The van der Waals surface area contributed by atoms with Gasteiger partial charge in [-0.2, -0.15) is 0 Å². The van der Waals surface area contributed by atoms with E-state index in [1.807, 2.05) is 0 Å². The molecule has 0 saturated carbocycles. The van der Waals surface area contributed by atoms with E-state index < -0.39 is 6.10 Å². The van der Waals surface area contributed by atoms with Crippen LogP contribution in [0.1, 0.15) is 272 Å². The van der Waals surface area contributed by atoms with Crippen LogP contribution in [0.15, 0.2) is 0 Å². The van der Waals surface area contributed by atoms with Crippen molar-refractivity contribution in [3.8, 4) is 0 Å². The number of esters is 3. The summed E-state index contributed by atoms with van der Waals surface area (Å²) in [6.07, 6.45) is 43.7. The fourth-order valence-electron chi connectivity index (χ4n) is 7.33. The first-order chi connectivity index (χ1) is 26.9. The monoisotopic (exact) mass is 779 g/mol. The van der Waals surface area contributed by atoms with Gasteiger partial charge in [-0.25, -0.2) is 0 Å². The van der Waals surface area contributed by atoms with Crippen LogP contribution in [0, 0.1) is 5.92 Å². The lowest BCUT2D eigenvalue weighted by Crippen LogP contribution is -2.30. The van der Waals surface area contributed by atoms with Gasteiger partial charge in [-0.3, -0.25) is 14.4 Å². The predicted octanol–water partition coefficient (Wildman–Crippen LogP) is 15.5. The van der Waals surface area contributed by atoms with Crippen molar-refractivity contribution in [1.29, 1.82) is 0 Å². The Kier molecular flexibility index (Phi) is 42.3. The Balaban J connectivity index is 4.31. The molecule has 0 saturated heterocycles. The summed E-state index contributed by atoms with van der Waals surface area (Å²) in [5.74, 6) is -0.0696. The van der Waals surface area contributed by atoms with Crippen molar-refractivity contribution in [2.75, 3.05) is 13.2 Å². The molecule has 0 fully saturated rings. The first kappa shape index (κ1) is 53.4. The van der Waals surface area contributed by atoms with Gasteiger partial charge in [-0.05, 0) is 25.2 Å². The van der Waals surface area contributed by atoms with E-state index in [-0.39, 0.29) is 31.1 Å². The molecular formula is C49H94O6. The van der Waals surface area contributed by atoms with Crippen LogP contribution in [-0.4, -0.2) is 37.2 Å². The molecule has 6 heteroatoms. The molecule has 0 unspecified atom stereocenters. The molecule has 0 radical (unpaired) electrons. The zero-order valence-electron chi connectivity index (χ0n) is 37.4. The molecule has 0 aromatic heterocycles. The van der Waals surface area contributed by atoms with Crippen LogP contribution in [0.2, 0.25) is 0 Å². The summed E-state index contributed by atoms with van der Waals surface area (Å²) < 4.78 is 16.7. The largest absolute Gasteiger partial charge is 0.462 e. The number of hydrogen-bond donors (Lipinski definition) is 0. The van der Waals surface area contributed by atoms with Gasteiger partial charge in [0.1, 0.15) is 13.2 Å². The molecule has 0 aromatic carbocycles. The molecule has 0 aliphatic rings. The van der Waals surface area contributed by atoms with Gasteiger partial charge >= 0.3 is 17.9 Å². The second-order valence-electron chi connectivity index (χ2n) is 17.2. The van der Waals surface area contributed by atoms with Gasteiger partial charge in [0.05, 0.1) is 0 Å². The molecule has 1 atom stereocenters. The van der Waals surface area contributed by atoms with Gasteiger partial charge in [0.2, 0.25) is 0 Å². The van der Waals surface area contributed by atoms with E-state index in [2.05, 4.69) is 27.7 Å². The fourth-order valence-corrected chi connectivity index (χ4v) is 7.33. The number of carbonyl (C=O) groups is 3. The van der Waals surface area contributed by atoms with Crippen LogP contribution in [0.3, 0.4) is 0 Å². The quantitative estimate of drug-likeness (QED) is 0.0348. The van der Waals surface area contributed by atoms with Crippen LogP contribution in [-0.2, 0) is 28.6 Å². The molecule has 0 aromatic rings. The molecule has 0 amide bonds. The van der Waals surface area contributed by atoms with E-state index >= 15 is 0 Å². The van der Waals surface area contributed by atoms with Crippen molar-refractivity contribution >= 4 is 17.9 Å². The van der Waals surface area contributed by atoms with Crippen LogP contribution in [0.5, 0.6) is 0 Å². The van der Waals surface area contributed by atoms with Gasteiger partial charge in [-0.1, -0.05) is 233 Å². The molecule has 0 heterocycles. The second-order valence-corrected chi connectivity index (χ2v) is 17.2. The maximum absolute atomic E-state index is 12.7. The van der Waals surface area contributed by atoms with Crippen molar-refractivity contribution in [2.24, 2.45) is 5.92 Å². The van der Waals surface area contributed by atoms with Gasteiger partial charge in [0.25, 0.3) is 0 Å². The highest BCUT2D eigenvalue weighted by molar-refractivity contribution is 5.71. The summed E-state index contributed by atoms with van der Waals surface area (Å²) >= 11 is 0. The standard InChI is InChI=1S/C49H94O6/c1-5-7-9-11-13-15-17-19-21-22-24-28-32-36-40-47(50)53-43-46(44-54-48(51)41-37-33-30-26-27-31-35-39-45(3)4)55-49(52)42-38-34-29-25-23-20-18-16-14-12-10-8-6-2/h45-46H,5-44H2,1-4H3/t46-/m1/s1. The molecule has 55 heavy (non-hydrogen) atoms. The van der Waals surface area contributed by atoms with Crippen molar-refractivity contribution < 1.29 is 28.6 Å². The summed E-state index contributed by atoms with van der Waals surface area (Å²) in [5, 5.41) is 0. The molecule has 6 nitrogen and oxygen atoms in total. The molecule has 0 aliphatic carbocycles. The molecular weight excluding hydrogens is 685 g/mol. The van der Waals surface area contributed by atoms with Crippen molar-refractivity contribution in [3.05, 3.63) is 0 Å².